The van der Waals surface area contributed by atoms with Crippen LogP contribution in [0.2, 0.25) is 0 Å². The van der Waals surface area contributed by atoms with E-state index >= 15 is 0 Å². The fourth-order valence-electron chi connectivity index (χ4n) is 1.68. The molecule has 2 heterocycles. The van der Waals surface area contributed by atoms with Crippen LogP contribution in [0, 0.1) is 0 Å². The second kappa shape index (κ2) is 5.95. The highest BCUT2D eigenvalue weighted by molar-refractivity contribution is 5.25. The van der Waals surface area contributed by atoms with Crippen molar-refractivity contribution in [2.75, 3.05) is 37.7 Å². The van der Waals surface area contributed by atoms with Crippen molar-refractivity contribution in [1.82, 2.24) is 15.5 Å². The van der Waals surface area contributed by atoms with E-state index in [0.29, 0.717) is 38.1 Å². The Bertz CT molecular complexity index is 344. The molecule has 2 rings (SSSR count). The van der Waals surface area contributed by atoms with E-state index in [9.17, 15) is 0 Å². The van der Waals surface area contributed by atoms with Crippen molar-refractivity contribution >= 4 is 6.01 Å². The average Bonchev–Trinajstić information content (AvgIpc) is 2.85. The van der Waals surface area contributed by atoms with Gasteiger partial charge in [-0.1, -0.05) is 12.0 Å². The van der Waals surface area contributed by atoms with Gasteiger partial charge in [-0.3, -0.25) is 0 Å². The van der Waals surface area contributed by atoms with Crippen LogP contribution in [0.5, 0.6) is 0 Å². The van der Waals surface area contributed by atoms with Gasteiger partial charge >= 0.3 is 6.01 Å². The first-order valence-corrected chi connectivity index (χ1v) is 5.84. The Labute approximate surface area is 99.8 Å². The van der Waals surface area contributed by atoms with Crippen molar-refractivity contribution < 1.29 is 14.3 Å². The van der Waals surface area contributed by atoms with Crippen LogP contribution < -0.4 is 10.2 Å². The number of ether oxygens (including phenoxy) is 1. The topological polar surface area (TPSA) is 83.7 Å². The molecule has 0 radical (unpaired) electrons. The van der Waals surface area contributed by atoms with E-state index in [1.54, 1.807) is 0 Å². The lowest BCUT2D eigenvalue weighted by molar-refractivity contribution is 0.00224. The minimum absolute atomic E-state index is 0.00881. The summed E-state index contributed by atoms with van der Waals surface area (Å²) in [6, 6.07) is 0.500. The molecule has 0 aromatic carbocycles. The molecule has 7 nitrogen and oxygen atoms in total. The summed E-state index contributed by atoms with van der Waals surface area (Å²) in [7, 11) is 0. The fraction of sp³-hybridized carbons (Fsp3) is 0.800. The number of nitrogens with one attached hydrogen (secondary N) is 1. The van der Waals surface area contributed by atoms with E-state index in [-0.39, 0.29) is 12.7 Å². The highest BCUT2D eigenvalue weighted by Crippen LogP contribution is 2.15. The van der Waals surface area contributed by atoms with Crippen molar-refractivity contribution in [3.63, 3.8) is 0 Å². The molecule has 0 bridgehead atoms. The van der Waals surface area contributed by atoms with Gasteiger partial charge in [-0.15, -0.1) is 5.10 Å². The minimum atomic E-state index is -0.173. The van der Waals surface area contributed by atoms with Crippen molar-refractivity contribution in [2.24, 2.45) is 0 Å². The maximum atomic E-state index is 9.05. The molecule has 1 atom stereocenters. The van der Waals surface area contributed by atoms with E-state index < -0.39 is 0 Å². The monoisotopic (exact) mass is 242 g/mol. The van der Waals surface area contributed by atoms with E-state index in [4.69, 9.17) is 14.3 Å². The van der Waals surface area contributed by atoms with Crippen molar-refractivity contribution in [2.45, 2.75) is 19.6 Å². The van der Waals surface area contributed by atoms with Crippen molar-refractivity contribution in [1.29, 1.82) is 0 Å². The predicted molar refractivity (Wildman–Crippen MR) is 60.7 cm³/mol. The third-order valence-corrected chi connectivity index (χ3v) is 2.60. The van der Waals surface area contributed by atoms with Gasteiger partial charge in [0.25, 0.3) is 0 Å². The molecule has 1 aliphatic rings. The van der Waals surface area contributed by atoms with E-state index in [0.717, 1.165) is 6.54 Å². The highest BCUT2D eigenvalue weighted by atomic mass is 16.5. The SMILES string of the molecule is CCNCc1nnc(N2CCOC(CO)C2)o1. The fourth-order valence-corrected chi connectivity index (χ4v) is 1.68. The molecular weight excluding hydrogens is 224 g/mol. The minimum Gasteiger partial charge on any atom is -0.407 e. The van der Waals surface area contributed by atoms with Crippen LogP contribution in [-0.2, 0) is 11.3 Å². The second-order valence-electron chi connectivity index (χ2n) is 3.88. The number of nitrogens with zero attached hydrogens (tertiary/aromatic N) is 3. The van der Waals surface area contributed by atoms with Gasteiger partial charge in [-0.05, 0) is 6.54 Å². The van der Waals surface area contributed by atoms with Gasteiger partial charge in [0.05, 0.1) is 32.4 Å². The molecule has 1 unspecified atom stereocenters. The van der Waals surface area contributed by atoms with Crippen molar-refractivity contribution in [3.8, 4) is 0 Å². The molecule has 0 aliphatic carbocycles. The summed E-state index contributed by atoms with van der Waals surface area (Å²) < 4.78 is 10.9. The quantitative estimate of drug-likeness (QED) is 0.711. The van der Waals surface area contributed by atoms with Gasteiger partial charge in [-0.2, -0.15) is 0 Å². The van der Waals surface area contributed by atoms with Crippen LogP contribution in [-0.4, -0.2) is 54.3 Å². The van der Waals surface area contributed by atoms with Crippen LogP contribution in [0.4, 0.5) is 6.01 Å². The molecule has 1 aromatic rings. The highest BCUT2D eigenvalue weighted by Gasteiger charge is 2.23. The first kappa shape index (κ1) is 12.3. The summed E-state index contributed by atoms with van der Waals surface area (Å²) in [4.78, 5) is 1.94. The van der Waals surface area contributed by atoms with Crippen LogP contribution >= 0.6 is 0 Å². The second-order valence-corrected chi connectivity index (χ2v) is 3.88. The molecule has 7 heteroatoms. The van der Waals surface area contributed by atoms with Crippen LogP contribution in [0.3, 0.4) is 0 Å². The first-order chi connectivity index (χ1) is 8.33. The average molecular weight is 242 g/mol. The van der Waals surface area contributed by atoms with Gasteiger partial charge in [0.2, 0.25) is 5.89 Å². The number of rotatable bonds is 5. The summed E-state index contributed by atoms with van der Waals surface area (Å²) >= 11 is 0. The molecule has 96 valence electrons. The number of morpholine rings is 1. The molecule has 1 aromatic heterocycles. The normalized spacial score (nSPS) is 20.8. The van der Waals surface area contributed by atoms with E-state index in [2.05, 4.69) is 15.5 Å². The molecular formula is C10H18N4O3. The molecule has 0 amide bonds. The number of aliphatic hydroxyl groups is 1. The van der Waals surface area contributed by atoms with Crippen LogP contribution in [0.25, 0.3) is 0 Å². The number of hydrogen-bond acceptors (Lipinski definition) is 7. The molecule has 0 saturated carbocycles. The van der Waals surface area contributed by atoms with E-state index in [1.165, 1.54) is 0 Å². The number of anilines is 1. The smallest absolute Gasteiger partial charge is 0.318 e. The Morgan fingerprint density at radius 3 is 3.18 bits per heavy atom. The Kier molecular flexibility index (Phi) is 4.29. The number of aromatic nitrogens is 2. The molecule has 0 spiro atoms. The van der Waals surface area contributed by atoms with Crippen molar-refractivity contribution in [3.05, 3.63) is 5.89 Å². The Morgan fingerprint density at radius 2 is 2.41 bits per heavy atom. The zero-order chi connectivity index (χ0) is 12.1. The Balaban J connectivity index is 1.94. The summed E-state index contributed by atoms with van der Waals surface area (Å²) in [5, 5.41) is 20.1. The van der Waals surface area contributed by atoms with Gasteiger partial charge in [0.15, 0.2) is 0 Å². The van der Waals surface area contributed by atoms with Gasteiger partial charge < -0.3 is 24.5 Å². The van der Waals surface area contributed by atoms with Crippen LogP contribution in [0.1, 0.15) is 12.8 Å². The lowest BCUT2D eigenvalue weighted by atomic mass is 10.3. The number of aliphatic hydroxyl groups excluding tert-OH is 1. The zero-order valence-corrected chi connectivity index (χ0v) is 9.93. The zero-order valence-electron chi connectivity index (χ0n) is 9.93. The summed E-state index contributed by atoms with van der Waals surface area (Å²) in [5.41, 5.74) is 0. The first-order valence-electron chi connectivity index (χ1n) is 5.84. The standard InChI is InChI=1S/C10H18N4O3/c1-2-11-5-9-12-13-10(17-9)14-3-4-16-8(6-14)7-15/h8,11,15H,2-7H2,1H3. The van der Waals surface area contributed by atoms with Gasteiger partial charge in [0, 0.05) is 6.54 Å². The number of hydrogen-bond donors (Lipinski definition) is 2. The van der Waals surface area contributed by atoms with Gasteiger partial charge in [-0.25, -0.2) is 0 Å². The maximum absolute atomic E-state index is 9.05. The largest absolute Gasteiger partial charge is 0.407 e. The maximum Gasteiger partial charge on any atom is 0.318 e. The molecule has 17 heavy (non-hydrogen) atoms. The Hall–Kier alpha value is -1.18. The summed E-state index contributed by atoms with van der Waals surface area (Å²) in [5.74, 6) is 0.578. The molecule has 1 fully saturated rings. The molecule has 2 N–H and O–H groups in total. The lowest BCUT2D eigenvalue weighted by Crippen LogP contribution is -2.44. The third-order valence-electron chi connectivity index (χ3n) is 2.60. The van der Waals surface area contributed by atoms with E-state index in [1.807, 2.05) is 11.8 Å². The summed E-state index contributed by atoms with van der Waals surface area (Å²) in [6.07, 6.45) is -0.173. The lowest BCUT2D eigenvalue weighted by Gasteiger charge is -2.30. The summed E-state index contributed by atoms with van der Waals surface area (Å²) in [6.45, 7) is 5.33. The Morgan fingerprint density at radius 1 is 1.53 bits per heavy atom. The van der Waals surface area contributed by atoms with Crippen LogP contribution in [0.15, 0.2) is 4.42 Å². The molecule has 1 aliphatic heterocycles. The van der Waals surface area contributed by atoms with Gasteiger partial charge in [0.1, 0.15) is 0 Å². The molecule has 1 saturated heterocycles. The third kappa shape index (κ3) is 3.15. The predicted octanol–water partition coefficient (Wildman–Crippen LogP) is -0.623.